The van der Waals surface area contributed by atoms with E-state index in [1.165, 1.54) is 5.56 Å². The average Bonchev–Trinajstić information content (AvgIpc) is 3.29. The predicted octanol–water partition coefficient (Wildman–Crippen LogP) is 1.92. The summed E-state index contributed by atoms with van der Waals surface area (Å²) in [6, 6.07) is 8.23. The molecule has 1 saturated heterocycles. The second kappa shape index (κ2) is 5.27. The smallest absolute Gasteiger partial charge is 0.226 e. The lowest BCUT2D eigenvalue weighted by Gasteiger charge is -2.33. The summed E-state index contributed by atoms with van der Waals surface area (Å²) in [5.74, 6) is 1.95. The molecule has 118 valence electrons. The number of para-hydroxylation sites is 1. The number of nitrogens with zero attached hydrogens (tertiary/aromatic N) is 1. The molecule has 0 aromatic heterocycles. The van der Waals surface area contributed by atoms with Crippen LogP contribution in [0.15, 0.2) is 24.3 Å². The number of piperidine rings is 1. The summed E-state index contributed by atoms with van der Waals surface area (Å²) < 4.78 is 5.77. The van der Waals surface area contributed by atoms with E-state index in [4.69, 9.17) is 10.5 Å². The third-order valence-corrected chi connectivity index (χ3v) is 5.77. The highest BCUT2D eigenvalue weighted by molar-refractivity contribution is 5.85. The first-order chi connectivity index (χ1) is 10.7. The summed E-state index contributed by atoms with van der Waals surface area (Å²) in [6.45, 7) is 3.17. The highest BCUT2D eigenvalue weighted by Gasteiger charge is 2.61. The average molecular weight is 300 g/mol. The highest BCUT2D eigenvalue weighted by Crippen LogP contribution is 2.61. The molecule has 22 heavy (non-hydrogen) atoms. The van der Waals surface area contributed by atoms with Crippen LogP contribution in [-0.2, 0) is 10.2 Å². The molecule has 2 heterocycles. The Bertz CT molecular complexity index is 588. The Balaban J connectivity index is 1.53. The van der Waals surface area contributed by atoms with Gasteiger partial charge in [0.05, 0.1) is 6.61 Å². The number of hydrogen-bond donors (Lipinski definition) is 1. The number of benzene rings is 1. The van der Waals surface area contributed by atoms with Gasteiger partial charge in [-0.25, -0.2) is 0 Å². The molecule has 3 atom stereocenters. The lowest BCUT2D eigenvalue weighted by atomic mass is 9.87. The molecule has 0 radical (unpaired) electrons. The molecule has 1 aromatic carbocycles. The summed E-state index contributed by atoms with van der Waals surface area (Å²) >= 11 is 0. The summed E-state index contributed by atoms with van der Waals surface area (Å²) in [4.78, 5) is 15.0. The number of fused-ring (bicyclic) bond motifs is 2. The van der Waals surface area contributed by atoms with Crippen molar-refractivity contribution in [3.63, 3.8) is 0 Å². The molecule has 3 aliphatic rings. The number of nitrogens with two attached hydrogens (primary N) is 1. The van der Waals surface area contributed by atoms with Crippen LogP contribution in [-0.4, -0.2) is 37.0 Å². The van der Waals surface area contributed by atoms with Crippen LogP contribution in [0.3, 0.4) is 0 Å². The minimum atomic E-state index is 0.0432. The van der Waals surface area contributed by atoms with E-state index >= 15 is 0 Å². The molecule has 4 nitrogen and oxygen atoms in total. The number of hydrogen-bond acceptors (Lipinski definition) is 3. The largest absolute Gasteiger partial charge is 0.493 e. The Morgan fingerprint density at radius 1 is 1.41 bits per heavy atom. The van der Waals surface area contributed by atoms with E-state index in [9.17, 15) is 4.79 Å². The van der Waals surface area contributed by atoms with Gasteiger partial charge in [-0.3, -0.25) is 4.79 Å². The van der Waals surface area contributed by atoms with Gasteiger partial charge in [-0.1, -0.05) is 18.2 Å². The van der Waals surface area contributed by atoms with Gasteiger partial charge in [0.2, 0.25) is 5.91 Å². The Kier molecular flexibility index (Phi) is 3.37. The lowest BCUT2D eigenvalue weighted by Crippen LogP contribution is -2.43. The monoisotopic (exact) mass is 300 g/mol. The molecule has 4 heteroatoms. The number of likely N-dealkylation sites (tertiary alicyclic amines) is 1. The van der Waals surface area contributed by atoms with Gasteiger partial charge in [0.25, 0.3) is 0 Å². The molecular formula is C18H24N2O2. The lowest BCUT2D eigenvalue weighted by molar-refractivity contribution is -0.134. The summed E-state index contributed by atoms with van der Waals surface area (Å²) in [7, 11) is 0. The van der Waals surface area contributed by atoms with Gasteiger partial charge in [-0.2, -0.15) is 0 Å². The fraction of sp³-hybridized carbons (Fsp3) is 0.611. The molecule has 1 aromatic rings. The molecule has 1 spiro atoms. The van der Waals surface area contributed by atoms with E-state index in [-0.39, 0.29) is 11.3 Å². The van der Waals surface area contributed by atoms with Crippen molar-refractivity contribution in [1.82, 2.24) is 4.90 Å². The second-order valence-electron chi connectivity index (χ2n) is 7.04. The Morgan fingerprint density at radius 3 is 3.14 bits per heavy atom. The normalized spacial score (nSPS) is 33.2. The standard InChI is InChI=1S/C18H24N2O2/c19-11-13-4-3-8-20(12-13)17(21)15-10-18(15)7-9-22-16-6-2-1-5-14(16)18/h1-2,5-6,13,15H,3-4,7-12,19H2/t13?,15-,18-/m0/s1. The van der Waals surface area contributed by atoms with E-state index in [1.807, 2.05) is 12.1 Å². The van der Waals surface area contributed by atoms with Crippen LogP contribution in [0.25, 0.3) is 0 Å². The van der Waals surface area contributed by atoms with Crippen molar-refractivity contribution in [1.29, 1.82) is 0 Å². The molecule has 4 rings (SSSR count). The maximum absolute atomic E-state index is 12.9. The van der Waals surface area contributed by atoms with Crippen molar-refractivity contribution in [2.24, 2.45) is 17.6 Å². The molecule has 2 fully saturated rings. The number of ether oxygens (including phenoxy) is 1. The SMILES string of the molecule is NCC1CCCN(C(=O)[C@@H]2C[C@]23CCOc2ccccc23)C1. The third-order valence-electron chi connectivity index (χ3n) is 5.77. The summed E-state index contributed by atoms with van der Waals surface area (Å²) in [5.41, 5.74) is 7.09. The Morgan fingerprint density at radius 2 is 2.27 bits per heavy atom. The van der Waals surface area contributed by atoms with Gasteiger partial charge in [0.15, 0.2) is 0 Å². The number of carbonyl (C=O) groups excluding carboxylic acids is 1. The van der Waals surface area contributed by atoms with Crippen molar-refractivity contribution < 1.29 is 9.53 Å². The van der Waals surface area contributed by atoms with E-state index in [2.05, 4.69) is 17.0 Å². The van der Waals surface area contributed by atoms with E-state index < -0.39 is 0 Å². The first-order valence-corrected chi connectivity index (χ1v) is 8.46. The fourth-order valence-corrected chi connectivity index (χ4v) is 4.36. The molecule has 1 saturated carbocycles. The predicted molar refractivity (Wildman–Crippen MR) is 84.7 cm³/mol. The van der Waals surface area contributed by atoms with E-state index in [0.29, 0.717) is 18.4 Å². The van der Waals surface area contributed by atoms with Crippen molar-refractivity contribution in [3.05, 3.63) is 29.8 Å². The molecular weight excluding hydrogens is 276 g/mol. The van der Waals surface area contributed by atoms with Crippen LogP contribution in [0.5, 0.6) is 5.75 Å². The molecule has 2 N–H and O–H groups in total. The Labute approximate surface area is 131 Å². The molecule has 1 unspecified atom stereocenters. The fourth-order valence-electron chi connectivity index (χ4n) is 4.36. The van der Waals surface area contributed by atoms with Gasteiger partial charge >= 0.3 is 0 Å². The van der Waals surface area contributed by atoms with Crippen molar-refractivity contribution in [3.8, 4) is 5.75 Å². The first-order valence-electron chi connectivity index (χ1n) is 8.46. The van der Waals surface area contributed by atoms with Crippen LogP contribution in [0.2, 0.25) is 0 Å². The van der Waals surface area contributed by atoms with Crippen LogP contribution in [0.1, 0.15) is 31.2 Å². The van der Waals surface area contributed by atoms with E-state index in [1.54, 1.807) is 0 Å². The zero-order valence-electron chi connectivity index (χ0n) is 13.0. The van der Waals surface area contributed by atoms with Crippen LogP contribution >= 0.6 is 0 Å². The van der Waals surface area contributed by atoms with Crippen LogP contribution in [0.4, 0.5) is 0 Å². The Hall–Kier alpha value is -1.55. The number of amides is 1. The quantitative estimate of drug-likeness (QED) is 0.908. The zero-order chi connectivity index (χ0) is 15.2. The van der Waals surface area contributed by atoms with Crippen molar-refractivity contribution in [2.75, 3.05) is 26.2 Å². The van der Waals surface area contributed by atoms with E-state index in [0.717, 1.165) is 51.1 Å². The van der Waals surface area contributed by atoms with Crippen molar-refractivity contribution >= 4 is 5.91 Å². The van der Waals surface area contributed by atoms with Gasteiger partial charge in [-0.15, -0.1) is 0 Å². The highest BCUT2D eigenvalue weighted by atomic mass is 16.5. The second-order valence-corrected chi connectivity index (χ2v) is 7.04. The summed E-state index contributed by atoms with van der Waals surface area (Å²) in [6.07, 6.45) is 4.20. The van der Waals surface area contributed by atoms with Gasteiger partial charge in [0, 0.05) is 30.0 Å². The topological polar surface area (TPSA) is 55.6 Å². The third kappa shape index (κ3) is 2.12. The van der Waals surface area contributed by atoms with Gasteiger partial charge in [0.1, 0.15) is 5.75 Å². The minimum absolute atomic E-state index is 0.0432. The molecule has 1 aliphatic carbocycles. The van der Waals surface area contributed by atoms with Crippen LogP contribution < -0.4 is 10.5 Å². The summed E-state index contributed by atoms with van der Waals surface area (Å²) in [5, 5.41) is 0. The molecule has 1 amide bonds. The zero-order valence-corrected chi connectivity index (χ0v) is 13.0. The van der Waals surface area contributed by atoms with Gasteiger partial charge in [-0.05, 0) is 44.2 Å². The maximum Gasteiger partial charge on any atom is 0.226 e. The van der Waals surface area contributed by atoms with Crippen LogP contribution in [0, 0.1) is 11.8 Å². The molecule has 2 aliphatic heterocycles. The number of carbonyl (C=O) groups is 1. The van der Waals surface area contributed by atoms with Gasteiger partial charge < -0.3 is 15.4 Å². The number of rotatable bonds is 2. The molecule has 0 bridgehead atoms. The maximum atomic E-state index is 12.9. The first kappa shape index (κ1) is 14.1. The minimum Gasteiger partial charge on any atom is -0.493 e. The van der Waals surface area contributed by atoms with Crippen molar-refractivity contribution in [2.45, 2.75) is 31.1 Å².